The molecule has 3 aliphatic heterocycles. The number of likely N-dealkylation sites (tertiary alicyclic amines) is 1. The maximum Gasteiger partial charge on any atom is 0.311 e. The van der Waals surface area contributed by atoms with Crippen molar-refractivity contribution in [2.45, 2.75) is 101 Å². The van der Waals surface area contributed by atoms with E-state index in [0.29, 0.717) is 6.42 Å². The minimum atomic E-state index is -0.697. The van der Waals surface area contributed by atoms with Crippen LogP contribution in [0.1, 0.15) is 73.6 Å². The molecule has 3 rings (SSSR count). The predicted octanol–water partition coefficient (Wildman–Crippen LogP) is 2.74. The Morgan fingerprint density at radius 3 is 2.53 bits per heavy atom. The van der Waals surface area contributed by atoms with E-state index in [1.165, 1.54) is 0 Å². The fraction of sp³-hybridized carbons (Fsp3) is 0.875. The topological polar surface area (TPSA) is 95.9 Å². The van der Waals surface area contributed by atoms with E-state index in [1.807, 2.05) is 27.7 Å². The number of carbonyl (C=O) groups is 3. The van der Waals surface area contributed by atoms with Crippen LogP contribution in [-0.4, -0.2) is 68.6 Å². The van der Waals surface area contributed by atoms with Crippen LogP contribution in [0.2, 0.25) is 0 Å². The van der Waals surface area contributed by atoms with Crippen molar-refractivity contribution in [2.75, 3.05) is 13.2 Å². The largest absolute Gasteiger partial charge is 0.466 e. The van der Waals surface area contributed by atoms with Crippen LogP contribution in [0.25, 0.3) is 0 Å². The van der Waals surface area contributed by atoms with Crippen molar-refractivity contribution in [1.29, 1.82) is 0 Å². The highest BCUT2D eigenvalue weighted by Crippen LogP contribution is 2.71. The van der Waals surface area contributed by atoms with Gasteiger partial charge in [-0.05, 0) is 46.0 Å². The van der Waals surface area contributed by atoms with Crippen LogP contribution in [0.5, 0.6) is 0 Å². The molecule has 8 heteroatoms. The van der Waals surface area contributed by atoms with Crippen molar-refractivity contribution in [1.82, 2.24) is 10.2 Å². The lowest BCUT2D eigenvalue weighted by atomic mass is 9.66. The summed E-state index contributed by atoms with van der Waals surface area (Å²) in [4.78, 5) is 42.4. The summed E-state index contributed by atoms with van der Waals surface area (Å²) in [6.45, 7) is 12.0. The number of thioether (sulfide) groups is 1. The Balaban J connectivity index is 2.07. The van der Waals surface area contributed by atoms with E-state index >= 15 is 0 Å². The maximum atomic E-state index is 14.0. The second kappa shape index (κ2) is 9.53. The first-order valence-electron chi connectivity index (χ1n) is 12.2. The highest BCUT2D eigenvalue weighted by Gasteiger charge is 2.78. The monoisotopic (exact) mass is 468 g/mol. The molecule has 8 atom stereocenters. The molecule has 0 aromatic carbocycles. The molecular formula is C24H40N2O5S. The highest BCUT2D eigenvalue weighted by molar-refractivity contribution is 8.02. The van der Waals surface area contributed by atoms with Crippen LogP contribution in [0.3, 0.4) is 0 Å². The number of aliphatic hydroxyl groups excluding tert-OH is 1. The Bertz CT molecular complexity index is 748. The van der Waals surface area contributed by atoms with Crippen molar-refractivity contribution in [3.8, 4) is 0 Å². The van der Waals surface area contributed by atoms with E-state index in [-0.39, 0.29) is 43.0 Å². The second-order valence-corrected chi connectivity index (χ2v) is 12.0. The number of nitrogens with one attached hydrogen (secondary N) is 1. The Morgan fingerprint density at radius 1 is 1.28 bits per heavy atom. The number of hydrogen-bond acceptors (Lipinski definition) is 6. The summed E-state index contributed by atoms with van der Waals surface area (Å²) < 4.78 is 4.32. The summed E-state index contributed by atoms with van der Waals surface area (Å²) in [5.74, 6) is -1.82. The summed E-state index contributed by atoms with van der Waals surface area (Å²) in [5, 5.41) is 13.4. The lowest BCUT2D eigenvalue weighted by Gasteiger charge is -2.39. The van der Waals surface area contributed by atoms with Gasteiger partial charge in [-0.15, -0.1) is 11.8 Å². The van der Waals surface area contributed by atoms with Gasteiger partial charge in [0.1, 0.15) is 6.04 Å². The van der Waals surface area contributed by atoms with Crippen LogP contribution in [0, 0.1) is 17.8 Å². The van der Waals surface area contributed by atoms with Gasteiger partial charge < -0.3 is 20.1 Å². The van der Waals surface area contributed by atoms with Crippen molar-refractivity contribution in [3.63, 3.8) is 0 Å². The van der Waals surface area contributed by atoms with Crippen LogP contribution in [-0.2, 0) is 19.1 Å². The predicted molar refractivity (Wildman–Crippen MR) is 125 cm³/mol. The summed E-state index contributed by atoms with van der Waals surface area (Å²) in [6.07, 6.45) is 4.05. The minimum Gasteiger partial charge on any atom is -0.466 e. The number of ether oxygens (including phenoxy) is 1. The number of nitrogens with zero attached hydrogens (tertiary/aromatic N) is 1. The third-order valence-corrected chi connectivity index (χ3v) is 9.94. The number of amides is 2. The maximum absolute atomic E-state index is 14.0. The zero-order valence-electron chi connectivity index (χ0n) is 20.3. The summed E-state index contributed by atoms with van der Waals surface area (Å²) in [7, 11) is 0. The van der Waals surface area contributed by atoms with Gasteiger partial charge in [0.2, 0.25) is 11.8 Å². The smallest absolute Gasteiger partial charge is 0.311 e. The molecule has 2 bridgehead atoms. The molecule has 0 aromatic rings. The molecule has 3 fully saturated rings. The third-order valence-electron chi connectivity index (χ3n) is 7.96. The third kappa shape index (κ3) is 3.85. The molecule has 2 amide bonds. The quantitative estimate of drug-likeness (QED) is 0.479. The van der Waals surface area contributed by atoms with Gasteiger partial charge in [0.25, 0.3) is 0 Å². The number of fused-ring (bicyclic) bond motifs is 1. The summed E-state index contributed by atoms with van der Waals surface area (Å²) in [6, 6.07) is -1.16. The van der Waals surface area contributed by atoms with Gasteiger partial charge in [-0.3, -0.25) is 14.4 Å². The van der Waals surface area contributed by atoms with Crippen molar-refractivity contribution in [3.05, 3.63) is 0 Å². The first-order valence-corrected chi connectivity index (χ1v) is 13.0. The van der Waals surface area contributed by atoms with E-state index in [9.17, 15) is 19.5 Å². The zero-order chi connectivity index (χ0) is 23.8. The van der Waals surface area contributed by atoms with Crippen molar-refractivity contribution >= 4 is 29.5 Å². The molecule has 0 radical (unpaired) electrons. The highest BCUT2D eigenvalue weighted by atomic mass is 32.2. The van der Waals surface area contributed by atoms with Crippen LogP contribution in [0.4, 0.5) is 0 Å². The summed E-state index contributed by atoms with van der Waals surface area (Å²) in [5.41, 5.74) is 0. The normalized spacial score (nSPS) is 36.0. The van der Waals surface area contributed by atoms with E-state index < -0.39 is 33.4 Å². The standard InChI is InChI=1S/C24H40N2O5S/c1-7-10-15(5)25-20(28)19-24-12-11-23(6,32-24)18(22(30)31-9-3)17(24)21(29)26(19)16(13-27)14(4)8-2/h14-19,27H,7-13H2,1-6H3,(H,25,28)/t14-,15?,16-,17-,18+,19?,23-,24?/m0/s1. The van der Waals surface area contributed by atoms with Crippen LogP contribution in [0.15, 0.2) is 0 Å². The van der Waals surface area contributed by atoms with Crippen molar-refractivity contribution < 1.29 is 24.2 Å². The van der Waals surface area contributed by atoms with Crippen LogP contribution < -0.4 is 5.32 Å². The first kappa shape index (κ1) is 25.3. The molecule has 3 aliphatic rings. The first-order chi connectivity index (χ1) is 15.1. The molecule has 0 saturated carbocycles. The lowest BCUT2D eigenvalue weighted by Crippen LogP contribution is -2.58. The molecule has 3 heterocycles. The van der Waals surface area contributed by atoms with E-state index in [2.05, 4.69) is 12.2 Å². The number of aliphatic hydroxyl groups is 1. The number of rotatable bonds is 10. The lowest BCUT2D eigenvalue weighted by molar-refractivity contribution is -0.155. The molecule has 0 aromatic heterocycles. The Kier molecular flexibility index (Phi) is 7.55. The fourth-order valence-corrected chi connectivity index (χ4v) is 8.58. The molecule has 32 heavy (non-hydrogen) atoms. The molecule has 3 unspecified atom stereocenters. The van der Waals surface area contributed by atoms with Gasteiger partial charge in [0.05, 0.1) is 35.8 Å². The Morgan fingerprint density at radius 2 is 1.97 bits per heavy atom. The van der Waals surface area contributed by atoms with Gasteiger partial charge in [-0.1, -0.05) is 33.6 Å². The van der Waals surface area contributed by atoms with Gasteiger partial charge >= 0.3 is 5.97 Å². The fourth-order valence-electron chi connectivity index (χ4n) is 6.25. The minimum absolute atomic E-state index is 0.00359. The molecule has 2 N–H and O–H groups in total. The SMILES string of the molecule is CCCC(C)NC(=O)C1N([C@@H](CO)[C@@H](C)CC)C(=O)[C@@H]2[C@H](C(=O)OCC)[C@]3(C)CCC12S3. The number of esters is 1. The van der Waals surface area contributed by atoms with E-state index in [0.717, 1.165) is 25.7 Å². The summed E-state index contributed by atoms with van der Waals surface area (Å²) >= 11 is 1.64. The zero-order valence-corrected chi connectivity index (χ0v) is 21.2. The van der Waals surface area contributed by atoms with Gasteiger partial charge in [-0.25, -0.2) is 0 Å². The van der Waals surface area contributed by atoms with Crippen molar-refractivity contribution in [2.24, 2.45) is 17.8 Å². The van der Waals surface area contributed by atoms with E-state index in [1.54, 1.807) is 23.6 Å². The molecular weight excluding hydrogens is 428 g/mol. The van der Waals surface area contributed by atoms with Gasteiger partial charge in [0, 0.05) is 10.8 Å². The molecule has 182 valence electrons. The molecule has 3 saturated heterocycles. The van der Waals surface area contributed by atoms with E-state index in [4.69, 9.17) is 4.74 Å². The number of hydrogen-bond donors (Lipinski definition) is 2. The average molecular weight is 469 g/mol. The molecule has 0 aliphatic carbocycles. The van der Waals surface area contributed by atoms with Gasteiger partial charge in [-0.2, -0.15) is 0 Å². The van der Waals surface area contributed by atoms with Gasteiger partial charge in [0.15, 0.2) is 0 Å². The average Bonchev–Trinajstić information content (AvgIpc) is 3.30. The Labute approximate surface area is 196 Å². The Hall–Kier alpha value is -1.28. The van der Waals surface area contributed by atoms with Crippen LogP contribution >= 0.6 is 11.8 Å². The second-order valence-electron chi connectivity index (χ2n) is 10.1. The molecule has 7 nitrogen and oxygen atoms in total. The molecule has 1 spiro atoms. The number of carbonyl (C=O) groups excluding carboxylic acids is 3.